The van der Waals surface area contributed by atoms with E-state index in [1.807, 2.05) is 12.1 Å². The summed E-state index contributed by atoms with van der Waals surface area (Å²) >= 11 is 5.80. The van der Waals surface area contributed by atoms with E-state index in [0.717, 1.165) is 5.56 Å². The van der Waals surface area contributed by atoms with Crippen molar-refractivity contribution in [1.29, 1.82) is 0 Å². The molecule has 1 atom stereocenters. The van der Waals surface area contributed by atoms with Crippen molar-refractivity contribution in [2.75, 3.05) is 13.7 Å². The number of benzene rings is 1. The van der Waals surface area contributed by atoms with E-state index in [9.17, 15) is 4.79 Å². The lowest BCUT2D eigenvalue weighted by Crippen LogP contribution is -2.27. The largest absolute Gasteiger partial charge is 0.468 e. The van der Waals surface area contributed by atoms with Crippen molar-refractivity contribution in [3.63, 3.8) is 0 Å². The van der Waals surface area contributed by atoms with Crippen molar-refractivity contribution in [2.45, 2.75) is 0 Å². The SMILES string of the molecule is COC(=O)C1CNN=C1c1ccc(Cl)cc1. The topological polar surface area (TPSA) is 50.7 Å². The Morgan fingerprint density at radius 2 is 2.19 bits per heavy atom. The van der Waals surface area contributed by atoms with Crippen LogP contribution in [0.25, 0.3) is 0 Å². The van der Waals surface area contributed by atoms with E-state index < -0.39 is 0 Å². The molecule has 0 saturated heterocycles. The molecule has 0 bridgehead atoms. The molecule has 0 aliphatic carbocycles. The van der Waals surface area contributed by atoms with Crippen LogP contribution in [0, 0.1) is 5.92 Å². The summed E-state index contributed by atoms with van der Waals surface area (Å²) < 4.78 is 4.72. The van der Waals surface area contributed by atoms with Crippen LogP contribution in [0.3, 0.4) is 0 Å². The third kappa shape index (κ3) is 2.02. The van der Waals surface area contributed by atoms with Crippen LogP contribution >= 0.6 is 11.6 Å². The minimum absolute atomic E-state index is 0.279. The maximum atomic E-state index is 11.5. The molecular formula is C11H11ClN2O2. The molecule has 0 fully saturated rings. The predicted octanol–water partition coefficient (Wildman–Crippen LogP) is 1.44. The normalized spacial score (nSPS) is 18.9. The lowest BCUT2D eigenvalue weighted by molar-refractivity contribution is -0.142. The molecule has 1 aromatic rings. The van der Waals surface area contributed by atoms with Crippen molar-refractivity contribution in [2.24, 2.45) is 11.0 Å². The summed E-state index contributed by atoms with van der Waals surface area (Å²) in [6.45, 7) is 0.477. The zero-order chi connectivity index (χ0) is 11.5. The van der Waals surface area contributed by atoms with Crippen LogP contribution in [0.4, 0.5) is 0 Å². The average molecular weight is 239 g/mol. The Morgan fingerprint density at radius 1 is 1.50 bits per heavy atom. The van der Waals surface area contributed by atoms with Gasteiger partial charge in [-0.3, -0.25) is 4.79 Å². The Bertz CT molecular complexity index is 428. The number of nitrogens with one attached hydrogen (secondary N) is 1. The fraction of sp³-hybridized carbons (Fsp3) is 0.273. The maximum Gasteiger partial charge on any atom is 0.316 e. The van der Waals surface area contributed by atoms with Crippen molar-refractivity contribution in [1.82, 2.24) is 5.43 Å². The number of hydrogen-bond donors (Lipinski definition) is 1. The van der Waals surface area contributed by atoms with Crippen molar-refractivity contribution in [3.8, 4) is 0 Å². The van der Waals surface area contributed by atoms with Gasteiger partial charge < -0.3 is 10.2 Å². The quantitative estimate of drug-likeness (QED) is 0.794. The van der Waals surface area contributed by atoms with Gasteiger partial charge in [0.1, 0.15) is 5.92 Å². The van der Waals surface area contributed by atoms with Gasteiger partial charge in [0.25, 0.3) is 0 Å². The molecule has 1 N–H and O–H groups in total. The van der Waals surface area contributed by atoms with E-state index in [-0.39, 0.29) is 11.9 Å². The highest BCUT2D eigenvalue weighted by atomic mass is 35.5. The van der Waals surface area contributed by atoms with Gasteiger partial charge in [0.05, 0.1) is 19.4 Å². The first-order valence-corrected chi connectivity index (χ1v) is 5.24. The second kappa shape index (κ2) is 4.53. The number of methoxy groups -OCH3 is 1. The molecule has 2 rings (SSSR count). The molecule has 1 aliphatic heterocycles. The summed E-state index contributed by atoms with van der Waals surface area (Å²) in [5.74, 6) is -0.620. The number of carbonyl (C=O) groups is 1. The van der Waals surface area contributed by atoms with Gasteiger partial charge in [-0.25, -0.2) is 0 Å². The Kier molecular flexibility index (Phi) is 3.10. The second-order valence-corrected chi connectivity index (χ2v) is 3.88. The fourth-order valence-corrected chi connectivity index (χ4v) is 1.75. The molecule has 1 aromatic carbocycles. The predicted molar refractivity (Wildman–Crippen MR) is 61.5 cm³/mol. The molecule has 0 radical (unpaired) electrons. The lowest BCUT2D eigenvalue weighted by atomic mass is 9.98. The summed E-state index contributed by atoms with van der Waals surface area (Å²) in [4.78, 5) is 11.5. The Balaban J connectivity index is 2.26. The van der Waals surface area contributed by atoms with Gasteiger partial charge in [-0.1, -0.05) is 23.7 Å². The van der Waals surface area contributed by atoms with Gasteiger partial charge in [0, 0.05) is 5.02 Å². The van der Waals surface area contributed by atoms with Gasteiger partial charge >= 0.3 is 5.97 Å². The van der Waals surface area contributed by atoms with Crippen LogP contribution < -0.4 is 5.43 Å². The third-order valence-corrected chi connectivity index (χ3v) is 2.70. The Hall–Kier alpha value is -1.55. The molecule has 16 heavy (non-hydrogen) atoms. The smallest absolute Gasteiger partial charge is 0.316 e. The first kappa shape index (κ1) is 11.0. The second-order valence-electron chi connectivity index (χ2n) is 3.44. The lowest BCUT2D eigenvalue weighted by Gasteiger charge is -2.09. The van der Waals surface area contributed by atoms with E-state index in [1.165, 1.54) is 7.11 Å². The number of esters is 1. The van der Waals surface area contributed by atoms with Gasteiger partial charge in [-0.05, 0) is 17.7 Å². The Labute approximate surface area is 98.2 Å². The third-order valence-electron chi connectivity index (χ3n) is 2.45. The maximum absolute atomic E-state index is 11.5. The minimum atomic E-state index is -0.342. The van der Waals surface area contributed by atoms with Crippen LogP contribution in [-0.2, 0) is 9.53 Å². The monoisotopic (exact) mass is 238 g/mol. The highest BCUT2D eigenvalue weighted by Gasteiger charge is 2.30. The molecule has 1 heterocycles. The standard InChI is InChI=1S/C11H11ClN2O2/c1-16-11(15)9-6-13-14-10(9)7-2-4-8(12)5-3-7/h2-5,9,13H,6H2,1H3. The van der Waals surface area contributed by atoms with Gasteiger partial charge in [-0.15, -0.1) is 0 Å². The number of carbonyl (C=O) groups excluding carboxylic acids is 1. The minimum Gasteiger partial charge on any atom is -0.468 e. The first-order valence-electron chi connectivity index (χ1n) is 4.86. The molecule has 1 unspecified atom stereocenters. The van der Waals surface area contributed by atoms with Gasteiger partial charge in [0.15, 0.2) is 0 Å². The molecular weight excluding hydrogens is 228 g/mol. The molecule has 4 nitrogen and oxygen atoms in total. The van der Waals surface area contributed by atoms with Crippen LogP contribution in [0.15, 0.2) is 29.4 Å². The molecule has 0 saturated carbocycles. The molecule has 84 valence electrons. The van der Waals surface area contributed by atoms with Crippen LogP contribution in [0.2, 0.25) is 5.02 Å². The van der Waals surface area contributed by atoms with E-state index in [2.05, 4.69) is 10.5 Å². The van der Waals surface area contributed by atoms with E-state index in [1.54, 1.807) is 12.1 Å². The first-order chi connectivity index (χ1) is 7.72. The number of rotatable bonds is 2. The number of ether oxygens (including phenoxy) is 1. The molecule has 0 aromatic heterocycles. The molecule has 0 amide bonds. The number of halogens is 1. The molecule has 1 aliphatic rings. The summed E-state index contributed by atoms with van der Waals surface area (Å²) in [5.41, 5.74) is 4.38. The summed E-state index contributed by atoms with van der Waals surface area (Å²) in [5, 5.41) is 4.77. The van der Waals surface area contributed by atoms with Crippen LogP contribution in [0.5, 0.6) is 0 Å². The highest BCUT2D eigenvalue weighted by Crippen LogP contribution is 2.17. The van der Waals surface area contributed by atoms with E-state index >= 15 is 0 Å². The molecule has 0 spiro atoms. The number of nitrogens with zero attached hydrogens (tertiary/aromatic N) is 1. The Morgan fingerprint density at radius 3 is 2.81 bits per heavy atom. The highest BCUT2D eigenvalue weighted by molar-refractivity contribution is 6.30. The van der Waals surface area contributed by atoms with Gasteiger partial charge in [-0.2, -0.15) is 5.10 Å². The van der Waals surface area contributed by atoms with Crippen molar-refractivity contribution < 1.29 is 9.53 Å². The summed E-state index contributed by atoms with van der Waals surface area (Å²) in [6.07, 6.45) is 0. The number of hydrogen-bond acceptors (Lipinski definition) is 4. The van der Waals surface area contributed by atoms with Crippen LogP contribution in [0.1, 0.15) is 5.56 Å². The summed E-state index contributed by atoms with van der Waals surface area (Å²) in [7, 11) is 1.38. The zero-order valence-electron chi connectivity index (χ0n) is 8.74. The fourth-order valence-electron chi connectivity index (χ4n) is 1.62. The van der Waals surface area contributed by atoms with Gasteiger partial charge in [0.2, 0.25) is 0 Å². The van der Waals surface area contributed by atoms with Crippen LogP contribution in [-0.4, -0.2) is 25.3 Å². The van der Waals surface area contributed by atoms with Crippen molar-refractivity contribution >= 4 is 23.3 Å². The molecule has 5 heteroatoms. The summed E-state index contributed by atoms with van der Waals surface area (Å²) in [6, 6.07) is 7.21. The van der Waals surface area contributed by atoms with Crippen molar-refractivity contribution in [3.05, 3.63) is 34.9 Å². The van der Waals surface area contributed by atoms with E-state index in [4.69, 9.17) is 16.3 Å². The number of hydrazone groups is 1. The zero-order valence-corrected chi connectivity index (χ0v) is 9.49. The average Bonchev–Trinajstić information content (AvgIpc) is 2.78. The van der Waals surface area contributed by atoms with E-state index in [0.29, 0.717) is 17.3 Å².